The number of aryl methyl sites for hydroxylation is 1. The Hall–Kier alpha value is -2.35. The van der Waals surface area contributed by atoms with E-state index < -0.39 is 16.0 Å². The fourth-order valence-corrected chi connectivity index (χ4v) is 2.53. The van der Waals surface area contributed by atoms with E-state index in [2.05, 4.69) is 9.88 Å². The smallest absolute Gasteiger partial charge is 0.335 e. The van der Waals surface area contributed by atoms with Gasteiger partial charge in [-0.1, -0.05) is 5.16 Å². The molecule has 1 aromatic carbocycles. The zero-order valence-corrected chi connectivity index (χ0v) is 11.6. The fourth-order valence-electron chi connectivity index (χ4n) is 1.48. The molecule has 0 radical (unpaired) electrons. The average molecular weight is 296 g/mol. The number of sulfonamides is 1. The number of nitrogens with zero attached hydrogens (tertiary/aromatic N) is 1. The van der Waals surface area contributed by atoms with E-state index in [0.717, 1.165) is 0 Å². The number of nitrogens with one attached hydrogen (secondary N) is 1. The lowest BCUT2D eigenvalue weighted by Gasteiger charge is -2.06. The number of hydrogen-bond donors (Lipinski definition) is 2. The summed E-state index contributed by atoms with van der Waals surface area (Å²) >= 11 is 0. The van der Waals surface area contributed by atoms with Gasteiger partial charge in [0.25, 0.3) is 10.0 Å². The zero-order valence-electron chi connectivity index (χ0n) is 10.7. The molecule has 7 nitrogen and oxygen atoms in total. The molecule has 2 aromatic rings. The quantitative estimate of drug-likeness (QED) is 0.890. The van der Waals surface area contributed by atoms with Crippen molar-refractivity contribution >= 4 is 21.8 Å². The second-order valence-corrected chi connectivity index (χ2v) is 5.83. The highest BCUT2D eigenvalue weighted by Gasteiger charge is 2.19. The molecule has 0 unspecified atom stereocenters. The van der Waals surface area contributed by atoms with Crippen LogP contribution >= 0.6 is 0 Å². The third-order valence-electron chi connectivity index (χ3n) is 2.80. The largest absolute Gasteiger partial charge is 0.478 e. The van der Waals surface area contributed by atoms with Crippen LogP contribution in [0.1, 0.15) is 21.7 Å². The molecule has 0 fully saturated rings. The van der Waals surface area contributed by atoms with Crippen molar-refractivity contribution in [1.29, 1.82) is 0 Å². The Balaban J connectivity index is 2.31. The third-order valence-corrected chi connectivity index (χ3v) is 4.15. The number of carboxylic acid groups (broad SMARTS) is 1. The minimum atomic E-state index is -3.83. The molecular weight excluding hydrogens is 284 g/mol. The molecule has 0 bridgehead atoms. The number of carboxylic acids is 1. The van der Waals surface area contributed by atoms with Gasteiger partial charge < -0.3 is 9.63 Å². The molecule has 0 spiro atoms. The topological polar surface area (TPSA) is 110 Å². The van der Waals surface area contributed by atoms with Crippen molar-refractivity contribution in [2.45, 2.75) is 18.7 Å². The summed E-state index contributed by atoms with van der Waals surface area (Å²) in [5, 5.41) is 12.4. The van der Waals surface area contributed by atoms with E-state index in [0.29, 0.717) is 11.3 Å². The first kappa shape index (κ1) is 14.1. The lowest BCUT2D eigenvalue weighted by molar-refractivity contribution is 0.0696. The Labute approximate surface area is 115 Å². The molecule has 2 rings (SSSR count). The molecule has 8 heteroatoms. The fraction of sp³-hybridized carbons (Fsp3) is 0.167. The third kappa shape index (κ3) is 2.64. The summed E-state index contributed by atoms with van der Waals surface area (Å²) in [4.78, 5) is 10.7. The molecule has 1 heterocycles. The van der Waals surface area contributed by atoms with E-state index in [1.165, 1.54) is 24.3 Å². The predicted octanol–water partition coefficient (Wildman–Crippen LogP) is 1.79. The van der Waals surface area contributed by atoms with Gasteiger partial charge in [0.1, 0.15) is 5.76 Å². The maximum absolute atomic E-state index is 12.1. The molecule has 20 heavy (non-hydrogen) atoms. The van der Waals surface area contributed by atoms with E-state index in [1.807, 2.05) is 0 Å². The molecule has 2 N–H and O–H groups in total. The molecule has 0 amide bonds. The molecule has 106 valence electrons. The molecule has 0 atom stereocenters. The Bertz CT molecular complexity index is 747. The van der Waals surface area contributed by atoms with Crippen LogP contribution in [0.2, 0.25) is 0 Å². The highest BCUT2D eigenvalue weighted by molar-refractivity contribution is 7.92. The van der Waals surface area contributed by atoms with Crippen LogP contribution < -0.4 is 4.72 Å². The molecule has 0 aliphatic rings. The summed E-state index contributed by atoms with van der Waals surface area (Å²) in [6, 6.07) is 4.87. The van der Waals surface area contributed by atoms with Crippen molar-refractivity contribution in [3.05, 3.63) is 41.2 Å². The van der Waals surface area contributed by atoms with Crippen LogP contribution in [-0.4, -0.2) is 24.7 Å². The van der Waals surface area contributed by atoms with Crippen LogP contribution in [0.4, 0.5) is 5.82 Å². The summed E-state index contributed by atoms with van der Waals surface area (Å²) in [5.74, 6) is -0.487. The van der Waals surface area contributed by atoms with Gasteiger partial charge in [-0.05, 0) is 38.1 Å². The summed E-state index contributed by atoms with van der Waals surface area (Å²) in [5.41, 5.74) is 0.605. The molecular formula is C12H12N2O5S. The minimum Gasteiger partial charge on any atom is -0.478 e. The number of carbonyl (C=O) groups is 1. The van der Waals surface area contributed by atoms with Gasteiger partial charge in [0.2, 0.25) is 0 Å². The maximum Gasteiger partial charge on any atom is 0.335 e. The highest BCUT2D eigenvalue weighted by atomic mass is 32.2. The number of anilines is 1. The van der Waals surface area contributed by atoms with Crippen molar-refractivity contribution in [3.8, 4) is 0 Å². The summed E-state index contributed by atoms with van der Waals surface area (Å²) < 4.78 is 31.4. The van der Waals surface area contributed by atoms with Gasteiger partial charge in [-0.25, -0.2) is 13.2 Å². The number of hydrogen-bond acceptors (Lipinski definition) is 5. The monoisotopic (exact) mass is 296 g/mol. The number of benzene rings is 1. The Kier molecular flexibility index (Phi) is 3.49. The minimum absolute atomic E-state index is 0.0115. The molecule has 0 aliphatic carbocycles. The van der Waals surface area contributed by atoms with Gasteiger partial charge >= 0.3 is 5.97 Å². The zero-order chi connectivity index (χ0) is 14.9. The van der Waals surface area contributed by atoms with Crippen LogP contribution in [0.25, 0.3) is 0 Å². The molecule has 0 saturated carbocycles. The van der Waals surface area contributed by atoms with Crippen LogP contribution in [0.15, 0.2) is 33.7 Å². The summed E-state index contributed by atoms with van der Waals surface area (Å²) in [7, 11) is -3.83. The van der Waals surface area contributed by atoms with Crippen LogP contribution in [0, 0.1) is 13.8 Å². The highest BCUT2D eigenvalue weighted by Crippen LogP contribution is 2.21. The van der Waals surface area contributed by atoms with Gasteiger partial charge in [0.05, 0.1) is 10.5 Å². The molecule has 1 aromatic heterocycles. The second kappa shape index (κ2) is 4.97. The van der Waals surface area contributed by atoms with Crippen molar-refractivity contribution in [1.82, 2.24) is 5.16 Å². The summed E-state index contributed by atoms with van der Waals surface area (Å²) in [6.07, 6.45) is 0. The Morgan fingerprint density at radius 1 is 1.25 bits per heavy atom. The van der Waals surface area contributed by atoms with Gasteiger partial charge in [-0.15, -0.1) is 0 Å². The average Bonchev–Trinajstić information content (AvgIpc) is 2.70. The number of aromatic carboxylic acids is 1. The maximum atomic E-state index is 12.1. The lowest BCUT2D eigenvalue weighted by atomic mass is 10.2. The van der Waals surface area contributed by atoms with E-state index >= 15 is 0 Å². The van der Waals surface area contributed by atoms with Crippen molar-refractivity contribution in [2.75, 3.05) is 4.72 Å². The Morgan fingerprint density at radius 2 is 1.85 bits per heavy atom. The van der Waals surface area contributed by atoms with Crippen molar-refractivity contribution < 1.29 is 22.8 Å². The summed E-state index contributed by atoms with van der Waals surface area (Å²) in [6.45, 7) is 3.35. The second-order valence-electron chi connectivity index (χ2n) is 4.15. The van der Waals surface area contributed by atoms with Crippen LogP contribution in [0.3, 0.4) is 0 Å². The number of rotatable bonds is 4. The van der Waals surface area contributed by atoms with E-state index in [-0.39, 0.29) is 16.3 Å². The van der Waals surface area contributed by atoms with E-state index in [1.54, 1.807) is 13.8 Å². The molecule has 0 saturated heterocycles. The van der Waals surface area contributed by atoms with Gasteiger partial charge in [0.15, 0.2) is 5.82 Å². The first-order valence-corrected chi connectivity index (χ1v) is 7.08. The molecule has 0 aliphatic heterocycles. The first-order chi connectivity index (χ1) is 9.31. The van der Waals surface area contributed by atoms with Gasteiger partial charge in [-0.3, -0.25) is 4.72 Å². The van der Waals surface area contributed by atoms with Crippen LogP contribution in [-0.2, 0) is 10.0 Å². The van der Waals surface area contributed by atoms with E-state index in [9.17, 15) is 13.2 Å². The predicted molar refractivity (Wildman–Crippen MR) is 70.2 cm³/mol. The van der Waals surface area contributed by atoms with Gasteiger partial charge in [-0.2, -0.15) is 0 Å². The normalized spacial score (nSPS) is 11.3. The SMILES string of the molecule is Cc1onc(NS(=O)(=O)c2ccc(C(=O)O)cc2)c1C. The first-order valence-electron chi connectivity index (χ1n) is 5.60. The van der Waals surface area contributed by atoms with Crippen molar-refractivity contribution in [3.63, 3.8) is 0 Å². The Morgan fingerprint density at radius 3 is 2.30 bits per heavy atom. The number of aromatic nitrogens is 1. The van der Waals surface area contributed by atoms with Gasteiger partial charge in [0, 0.05) is 5.56 Å². The van der Waals surface area contributed by atoms with Crippen LogP contribution in [0.5, 0.6) is 0 Å². The standard InChI is InChI=1S/C12H12N2O5S/c1-7-8(2)19-13-11(7)14-20(17,18)10-5-3-9(4-6-10)12(15)16/h3-6H,1-2H3,(H,13,14)(H,15,16). The van der Waals surface area contributed by atoms with Crippen molar-refractivity contribution in [2.24, 2.45) is 0 Å². The van der Waals surface area contributed by atoms with E-state index in [4.69, 9.17) is 9.63 Å². The lowest BCUT2D eigenvalue weighted by Crippen LogP contribution is -2.14.